The molecule has 1 amide bonds. The van der Waals surface area contributed by atoms with Crippen LogP contribution in [0.3, 0.4) is 0 Å². The van der Waals surface area contributed by atoms with E-state index in [1.54, 1.807) is 6.20 Å². The highest BCUT2D eigenvalue weighted by atomic mass is 35.5. The largest absolute Gasteiger partial charge is 0.383 e. The van der Waals surface area contributed by atoms with Crippen molar-refractivity contribution in [1.29, 1.82) is 0 Å². The molecule has 7 nitrogen and oxygen atoms in total. The quantitative estimate of drug-likeness (QED) is 0.549. The lowest BCUT2D eigenvalue weighted by Gasteiger charge is -2.50. The zero-order valence-electron chi connectivity index (χ0n) is 18.4. The van der Waals surface area contributed by atoms with Gasteiger partial charge in [-0.2, -0.15) is 0 Å². The molecule has 3 aliphatic rings. The van der Waals surface area contributed by atoms with Crippen molar-refractivity contribution in [2.75, 3.05) is 57.8 Å². The Bertz CT molecular complexity index is 704. The molecule has 3 atom stereocenters. The summed E-state index contributed by atoms with van der Waals surface area (Å²) in [5.74, 6) is 0.712. The smallest absolute Gasteiger partial charge is 0.227 e. The maximum absolute atomic E-state index is 13.3. The fourth-order valence-electron chi connectivity index (χ4n) is 5.39. The molecule has 1 saturated carbocycles. The molecular formula is C22H37Cl2N5O2. The summed E-state index contributed by atoms with van der Waals surface area (Å²) in [4.78, 5) is 20.0. The minimum absolute atomic E-state index is 0. The highest BCUT2D eigenvalue weighted by molar-refractivity contribution is 5.85. The third-order valence-electron chi connectivity index (χ3n) is 7.13. The van der Waals surface area contributed by atoms with Gasteiger partial charge in [0.2, 0.25) is 5.91 Å². The molecule has 3 heterocycles. The Morgan fingerprint density at radius 3 is 2.87 bits per heavy atom. The van der Waals surface area contributed by atoms with Crippen molar-refractivity contribution in [2.24, 2.45) is 11.3 Å². The van der Waals surface area contributed by atoms with E-state index in [9.17, 15) is 4.79 Å². The van der Waals surface area contributed by atoms with Crippen LogP contribution in [-0.4, -0.2) is 74.3 Å². The van der Waals surface area contributed by atoms with Crippen LogP contribution in [0.2, 0.25) is 0 Å². The van der Waals surface area contributed by atoms with Gasteiger partial charge in [-0.05, 0) is 56.7 Å². The van der Waals surface area contributed by atoms with Gasteiger partial charge in [-0.15, -0.1) is 24.8 Å². The van der Waals surface area contributed by atoms with Crippen molar-refractivity contribution in [1.82, 2.24) is 20.5 Å². The van der Waals surface area contributed by atoms with Crippen molar-refractivity contribution in [3.63, 3.8) is 0 Å². The minimum Gasteiger partial charge on any atom is -0.383 e. The van der Waals surface area contributed by atoms with Crippen LogP contribution in [0.1, 0.15) is 31.2 Å². The Labute approximate surface area is 198 Å². The minimum atomic E-state index is -0.242. The molecule has 0 bridgehead atoms. The summed E-state index contributed by atoms with van der Waals surface area (Å²) in [7, 11) is 0. The van der Waals surface area contributed by atoms with E-state index in [1.807, 2.05) is 19.2 Å². The molecule has 9 heteroatoms. The van der Waals surface area contributed by atoms with Crippen molar-refractivity contribution in [3.8, 4) is 0 Å². The molecule has 2 aliphatic heterocycles. The second-order valence-electron chi connectivity index (χ2n) is 8.77. The van der Waals surface area contributed by atoms with Crippen molar-refractivity contribution >= 4 is 36.4 Å². The third-order valence-corrected chi connectivity index (χ3v) is 7.13. The number of aryl methyl sites for hydroxylation is 1. The Morgan fingerprint density at radius 2 is 2.10 bits per heavy atom. The van der Waals surface area contributed by atoms with Crippen LogP contribution in [0, 0.1) is 18.3 Å². The summed E-state index contributed by atoms with van der Waals surface area (Å²) in [5.41, 5.74) is 1.96. The van der Waals surface area contributed by atoms with Gasteiger partial charge >= 0.3 is 0 Å². The van der Waals surface area contributed by atoms with E-state index in [-0.39, 0.29) is 36.1 Å². The molecular weight excluding hydrogens is 437 g/mol. The lowest BCUT2D eigenvalue weighted by atomic mass is 9.61. The molecule has 3 N–H and O–H groups in total. The highest BCUT2D eigenvalue weighted by Crippen LogP contribution is 2.46. The summed E-state index contributed by atoms with van der Waals surface area (Å²) < 4.78 is 5.52. The van der Waals surface area contributed by atoms with Crippen LogP contribution in [0.15, 0.2) is 18.5 Å². The number of rotatable bonds is 6. The number of hydrogen-bond acceptors (Lipinski definition) is 6. The van der Waals surface area contributed by atoms with Crippen molar-refractivity contribution in [3.05, 3.63) is 24.0 Å². The predicted octanol–water partition coefficient (Wildman–Crippen LogP) is 2.24. The number of ether oxygens (including phenoxy) is 1. The van der Waals surface area contributed by atoms with E-state index in [0.717, 1.165) is 82.9 Å². The SMILES string of the molecule is Cc1cnccc1NCCNC(=O)[C@@]12CC[C@@H](N3CCOCC3)C[C@H]1CCNC2.Cl.Cl. The van der Waals surface area contributed by atoms with Crippen LogP contribution in [0.4, 0.5) is 5.69 Å². The molecule has 176 valence electrons. The number of halogens is 2. The van der Waals surface area contributed by atoms with Gasteiger partial charge in [-0.1, -0.05) is 0 Å². The number of pyridine rings is 1. The van der Waals surface area contributed by atoms with Crippen molar-refractivity contribution < 1.29 is 9.53 Å². The average molecular weight is 474 g/mol. The highest BCUT2D eigenvalue weighted by Gasteiger charge is 2.50. The molecule has 0 radical (unpaired) electrons. The van der Waals surface area contributed by atoms with Gasteiger partial charge < -0.3 is 20.7 Å². The lowest BCUT2D eigenvalue weighted by molar-refractivity contribution is -0.140. The van der Waals surface area contributed by atoms with E-state index < -0.39 is 0 Å². The molecule has 0 aromatic carbocycles. The molecule has 1 aromatic heterocycles. The second-order valence-corrected chi connectivity index (χ2v) is 8.77. The fraction of sp³-hybridized carbons (Fsp3) is 0.727. The first-order valence-electron chi connectivity index (χ1n) is 11.1. The number of amides is 1. The van der Waals surface area contributed by atoms with Crippen LogP contribution in [0.25, 0.3) is 0 Å². The number of carbonyl (C=O) groups is 1. The Kier molecular flexibility index (Phi) is 10.3. The maximum atomic E-state index is 13.3. The van der Waals surface area contributed by atoms with Gasteiger partial charge in [0.15, 0.2) is 0 Å². The molecule has 0 spiro atoms. The summed E-state index contributed by atoms with van der Waals surface area (Å²) in [6.45, 7) is 9.01. The molecule has 3 fully saturated rings. The average Bonchev–Trinajstić information content (AvgIpc) is 2.77. The number of piperidine rings is 1. The molecule has 31 heavy (non-hydrogen) atoms. The van der Waals surface area contributed by atoms with Gasteiger partial charge in [-0.25, -0.2) is 0 Å². The van der Waals surface area contributed by atoms with Gasteiger partial charge in [0, 0.05) is 56.8 Å². The summed E-state index contributed by atoms with van der Waals surface area (Å²) in [6.07, 6.45) is 7.98. The van der Waals surface area contributed by atoms with E-state index >= 15 is 0 Å². The van der Waals surface area contributed by atoms with Gasteiger partial charge in [0.05, 0.1) is 18.6 Å². The first kappa shape index (κ1) is 26.1. The van der Waals surface area contributed by atoms with E-state index in [0.29, 0.717) is 18.5 Å². The zero-order valence-corrected chi connectivity index (χ0v) is 20.0. The first-order valence-corrected chi connectivity index (χ1v) is 11.1. The third kappa shape index (κ3) is 6.02. The summed E-state index contributed by atoms with van der Waals surface area (Å²) in [6, 6.07) is 2.59. The van der Waals surface area contributed by atoms with Crippen LogP contribution >= 0.6 is 24.8 Å². The number of anilines is 1. The normalized spacial score (nSPS) is 28.4. The van der Waals surface area contributed by atoms with Crippen LogP contribution in [0.5, 0.6) is 0 Å². The topological polar surface area (TPSA) is 78.5 Å². The van der Waals surface area contributed by atoms with Crippen LogP contribution in [-0.2, 0) is 9.53 Å². The first-order chi connectivity index (χ1) is 14.2. The Balaban J connectivity index is 0.00000171. The molecule has 0 unspecified atom stereocenters. The lowest BCUT2D eigenvalue weighted by Crippen LogP contribution is -2.60. The summed E-state index contributed by atoms with van der Waals surface area (Å²) in [5, 5.41) is 10.1. The number of morpholine rings is 1. The fourth-order valence-corrected chi connectivity index (χ4v) is 5.39. The van der Waals surface area contributed by atoms with E-state index in [2.05, 4.69) is 25.8 Å². The predicted molar refractivity (Wildman–Crippen MR) is 128 cm³/mol. The maximum Gasteiger partial charge on any atom is 0.227 e. The monoisotopic (exact) mass is 473 g/mol. The Hall–Kier alpha value is -1.12. The molecule has 2 saturated heterocycles. The number of nitrogens with one attached hydrogen (secondary N) is 3. The number of carbonyl (C=O) groups excluding carboxylic acids is 1. The van der Waals surface area contributed by atoms with Gasteiger partial charge in [0.25, 0.3) is 0 Å². The number of aromatic nitrogens is 1. The molecule has 4 rings (SSSR count). The van der Waals surface area contributed by atoms with Crippen LogP contribution < -0.4 is 16.0 Å². The van der Waals surface area contributed by atoms with Crippen molar-refractivity contribution in [2.45, 2.75) is 38.6 Å². The molecule has 1 aliphatic carbocycles. The number of fused-ring (bicyclic) bond motifs is 1. The van der Waals surface area contributed by atoms with E-state index in [4.69, 9.17) is 4.74 Å². The number of hydrogen-bond donors (Lipinski definition) is 3. The summed E-state index contributed by atoms with van der Waals surface area (Å²) >= 11 is 0. The Morgan fingerprint density at radius 1 is 1.29 bits per heavy atom. The van der Waals surface area contributed by atoms with Gasteiger partial charge in [-0.3, -0.25) is 14.7 Å². The standard InChI is InChI=1S/C22H35N5O2.2ClH/c1-17-15-23-7-4-20(17)25-8-9-26-21(28)22-5-2-19(27-10-12-29-13-11-27)14-18(22)3-6-24-16-22;;/h4,7,15,18-19,24H,2-3,5-6,8-14,16H2,1H3,(H,23,25)(H,26,28);2*1H/t18-,19-,22-;;/m1../s1. The van der Waals surface area contributed by atoms with Gasteiger partial charge in [0.1, 0.15) is 0 Å². The number of nitrogens with zero attached hydrogens (tertiary/aromatic N) is 2. The molecule has 1 aromatic rings. The van der Waals surface area contributed by atoms with E-state index in [1.165, 1.54) is 0 Å². The zero-order chi connectivity index (χ0) is 20.1. The second kappa shape index (κ2) is 12.2.